The van der Waals surface area contributed by atoms with Gasteiger partial charge in [0.2, 0.25) is 0 Å². The predicted octanol–water partition coefficient (Wildman–Crippen LogP) is 4.20. The van der Waals surface area contributed by atoms with Crippen molar-refractivity contribution >= 4 is 5.97 Å². The second-order valence-electron chi connectivity index (χ2n) is 8.28. The van der Waals surface area contributed by atoms with Gasteiger partial charge in [0.05, 0.1) is 6.61 Å². The van der Waals surface area contributed by atoms with Gasteiger partial charge in [0.1, 0.15) is 0 Å². The van der Waals surface area contributed by atoms with Crippen LogP contribution in [0.15, 0.2) is 12.2 Å². The second kappa shape index (κ2) is 4.86. The van der Waals surface area contributed by atoms with Crippen LogP contribution in [0.5, 0.6) is 0 Å². The van der Waals surface area contributed by atoms with E-state index in [4.69, 9.17) is 4.74 Å². The molecular formula is C19H28O2. The van der Waals surface area contributed by atoms with Crippen LogP contribution in [0.1, 0.15) is 52.4 Å². The van der Waals surface area contributed by atoms with Crippen molar-refractivity contribution < 1.29 is 9.53 Å². The Balaban J connectivity index is 1.41. The first-order valence-corrected chi connectivity index (χ1v) is 8.96. The van der Waals surface area contributed by atoms with Gasteiger partial charge in [-0.15, -0.1) is 0 Å². The maximum absolute atomic E-state index is 11.8. The number of fused-ring (bicyclic) bond motifs is 9. The summed E-state index contributed by atoms with van der Waals surface area (Å²) in [6.07, 6.45) is 11.8. The molecule has 0 N–H and O–H groups in total. The maximum Gasteiger partial charge on any atom is 0.305 e. The molecule has 4 aliphatic carbocycles. The Kier molecular flexibility index (Phi) is 3.20. The summed E-state index contributed by atoms with van der Waals surface area (Å²) in [5.41, 5.74) is 0.398. The minimum Gasteiger partial charge on any atom is -0.466 e. The lowest BCUT2D eigenvalue weighted by molar-refractivity contribution is -0.144. The van der Waals surface area contributed by atoms with Crippen molar-refractivity contribution in [3.8, 4) is 0 Å². The molecule has 0 radical (unpaired) electrons. The van der Waals surface area contributed by atoms with E-state index in [-0.39, 0.29) is 5.97 Å². The molecular weight excluding hydrogens is 260 g/mol. The summed E-state index contributed by atoms with van der Waals surface area (Å²) >= 11 is 0. The molecule has 4 rings (SSSR count). The van der Waals surface area contributed by atoms with Gasteiger partial charge in [0.15, 0.2) is 0 Å². The SMILES string of the molecule is CCCOC(=O)CCC1(C)CC2CC1C1C3C=CC(C3)C21. The highest BCUT2D eigenvalue weighted by Crippen LogP contribution is 2.71. The zero-order valence-electron chi connectivity index (χ0n) is 13.4. The number of hydrogen-bond acceptors (Lipinski definition) is 2. The van der Waals surface area contributed by atoms with Crippen LogP contribution >= 0.6 is 0 Å². The smallest absolute Gasteiger partial charge is 0.305 e. The van der Waals surface area contributed by atoms with Crippen LogP contribution < -0.4 is 0 Å². The number of carbonyl (C=O) groups excluding carboxylic acids is 1. The summed E-state index contributed by atoms with van der Waals surface area (Å²) in [7, 11) is 0. The fourth-order valence-electron chi connectivity index (χ4n) is 6.45. The standard InChI is InChI=1S/C19H28O2/c1-3-8-21-16(20)6-7-19(2)11-14-10-15(19)18-13-5-4-12(9-13)17(14)18/h4-5,12-15,17-18H,3,6-11H2,1-2H3. The summed E-state index contributed by atoms with van der Waals surface area (Å²) in [6, 6.07) is 0. The van der Waals surface area contributed by atoms with Crippen LogP contribution in [0.25, 0.3) is 0 Å². The van der Waals surface area contributed by atoms with E-state index < -0.39 is 0 Å². The Bertz CT molecular complexity index is 468. The van der Waals surface area contributed by atoms with E-state index in [1.807, 2.05) is 6.92 Å². The van der Waals surface area contributed by atoms with Gasteiger partial charge < -0.3 is 4.74 Å². The van der Waals surface area contributed by atoms with Crippen LogP contribution in [0.2, 0.25) is 0 Å². The zero-order chi connectivity index (χ0) is 14.6. The highest BCUT2D eigenvalue weighted by molar-refractivity contribution is 5.69. The molecule has 0 saturated heterocycles. The molecule has 3 fully saturated rings. The van der Waals surface area contributed by atoms with E-state index >= 15 is 0 Å². The van der Waals surface area contributed by atoms with Crippen LogP contribution in [0, 0.1) is 40.9 Å². The summed E-state index contributed by atoms with van der Waals surface area (Å²) in [6.45, 7) is 5.09. The van der Waals surface area contributed by atoms with Crippen LogP contribution in [-0.4, -0.2) is 12.6 Å². The number of rotatable bonds is 5. The Hall–Kier alpha value is -0.790. The molecule has 0 aromatic heterocycles. The largest absolute Gasteiger partial charge is 0.466 e. The molecule has 7 atom stereocenters. The molecule has 2 nitrogen and oxygen atoms in total. The summed E-state index contributed by atoms with van der Waals surface area (Å²) in [5, 5.41) is 0. The summed E-state index contributed by atoms with van der Waals surface area (Å²) < 4.78 is 5.26. The Morgan fingerprint density at radius 1 is 1.24 bits per heavy atom. The molecule has 4 bridgehead atoms. The minimum absolute atomic E-state index is 0.0187. The fourth-order valence-corrected chi connectivity index (χ4v) is 6.45. The van der Waals surface area contributed by atoms with Gasteiger partial charge >= 0.3 is 5.97 Å². The summed E-state index contributed by atoms with van der Waals surface area (Å²) in [4.78, 5) is 11.8. The molecule has 3 saturated carbocycles. The lowest BCUT2D eigenvalue weighted by Crippen LogP contribution is -2.37. The average Bonchev–Trinajstić information content (AvgIpc) is 3.20. The highest BCUT2D eigenvalue weighted by atomic mass is 16.5. The van der Waals surface area contributed by atoms with Crippen LogP contribution in [-0.2, 0) is 9.53 Å². The first kappa shape index (κ1) is 13.8. The molecule has 0 aromatic carbocycles. The monoisotopic (exact) mass is 288 g/mol. The van der Waals surface area contributed by atoms with E-state index in [0.717, 1.165) is 48.3 Å². The van der Waals surface area contributed by atoms with Gasteiger partial charge in [-0.2, -0.15) is 0 Å². The molecule has 0 amide bonds. The molecule has 7 unspecified atom stereocenters. The van der Waals surface area contributed by atoms with Crippen LogP contribution in [0.3, 0.4) is 0 Å². The number of esters is 1. The first-order valence-electron chi connectivity index (χ1n) is 8.96. The third-order valence-electron chi connectivity index (χ3n) is 7.14. The molecule has 116 valence electrons. The number of allylic oxidation sites excluding steroid dienone is 2. The molecule has 0 aromatic rings. The second-order valence-corrected chi connectivity index (χ2v) is 8.28. The molecule has 21 heavy (non-hydrogen) atoms. The molecule has 0 aliphatic heterocycles. The zero-order valence-corrected chi connectivity index (χ0v) is 13.4. The lowest BCUT2D eigenvalue weighted by Gasteiger charge is -2.43. The van der Waals surface area contributed by atoms with Crippen molar-refractivity contribution in [2.24, 2.45) is 40.9 Å². The van der Waals surface area contributed by atoms with Gasteiger partial charge in [0, 0.05) is 6.42 Å². The molecule has 4 aliphatic rings. The number of hydrogen-bond donors (Lipinski definition) is 0. The van der Waals surface area contributed by atoms with Gasteiger partial charge in [0.25, 0.3) is 0 Å². The van der Waals surface area contributed by atoms with Crippen molar-refractivity contribution in [1.82, 2.24) is 0 Å². The van der Waals surface area contributed by atoms with Crippen molar-refractivity contribution in [3.05, 3.63) is 12.2 Å². The van der Waals surface area contributed by atoms with E-state index in [1.165, 1.54) is 19.3 Å². The van der Waals surface area contributed by atoms with Crippen molar-refractivity contribution in [2.75, 3.05) is 6.61 Å². The fraction of sp³-hybridized carbons (Fsp3) is 0.842. The topological polar surface area (TPSA) is 26.3 Å². The molecule has 2 heteroatoms. The Morgan fingerprint density at radius 3 is 2.76 bits per heavy atom. The van der Waals surface area contributed by atoms with E-state index in [1.54, 1.807) is 0 Å². The predicted molar refractivity (Wildman–Crippen MR) is 82.5 cm³/mol. The minimum atomic E-state index is 0.0187. The van der Waals surface area contributed by atoms with E-state index in [2.05, 4.69) is 19.1 Å². The lowest BCUT2D eigenvalue weighted by atomic mass is 9.61. The first-order chi connectivity index (χ1) is 10.1. The number of carbonyl (C=O) groups is 1. The van der Waals surface area contributed by atoms with Gasteiger partial charge in [-0.25, -0.2) is 0 Å². The average molecular weight is 288 g/mol. The Morgan fingerprint density at radius 2 is 2.00 bits per heavy atom. The Labute approximate surface area is 128 Å². The van der Waals surface area contributed by atoms with Crippen molar-refractivity contribution in [3.63, 3.8) is 0 Å². The summed E-state index contributed by atoms with van der Waals surface area (Å²) in [5.74, 6) is 5.52. The highest BCUT2D eigenvalue weighted by Gasteiger charge is 2.64. The van der Waals surface area contributed by atoms with Crippen molar-refractivity contribution in [1.29, 1.82) is 0 Å². The maximum atomic E-state index is 11.8. The molecule has 0 heterocycles. The van der Waals surface area contributed by atoms with Gasteiger partial charge in [-0.3, -0.25) is 4.79 Å². The third-order valence-corrected chi connectivity index (χ3v) is 7.14. The van der Waals surface area contributed by atoms with Gasteiger partial charge in [-0.05, 0) is 73.0 Å². The van der Waals surface area contributed by atoms with E-state index in [9.17, 15) is 4.79 Å². The van der Waals surface area contributed by atoms with Gasteiger partial charge in [-0.1, -0.05) is 26.0 Å². The normalized spacial score (nSPS) is 48.9. The van der Waals surface area contributed by atoms with Crippen LogP contribution in [0.4, 0.5) is 0 Å². The molecule has 0 spiro atoms. The third kappa shape index (κ3) is 2.01. The van der Waals surface area contributed by atoms with E-state index in [0.29, 0.717) is 18.4 Å². The number of ether oxygens (including phenoxy) is 1. The van der Waals surface area contributed by atoms with Crippen molar-refractivity contribution in [2.45, 2.75) is 52.4 Å². The quantitative estimate of drug-likeness (QED) is 0.430.